The van der Waals surface area contributed by atoms with Crippen LogP contribution in [0.2, 0.25) is 0 Å². The molecule has 1 aromatic heterocycles. The lowest BCUT2D eigenvalue weighted by molar-refractivity contribution is -0.590. The highest BCUT2D eigenvalue weighted by Crippen LogP contribution is 2.02. The monoisotopic (exact) mass is 182 g/mol. The molecule has 72 valence electrons. The lowest BCUT2D eigenvalue weighted by atomic mass is 10.2. The SMILES string of the molecule is CC(CCO)Nc1cccc[n+]1[O-]. The minimum absolute atomic E-state index is 0.104. The van der Waals surface area contributed by atoms with E-state index in [4.69, 9.17) is 5.11 Å². The molecule has 2 N–H and O–H groups in total. The molecule has 0 saturated heterocycles. The maximum Gasteiger partial charge on any atom is 0.277 e. The molecule has 0 aliphatic rings. The smallest absolute Gasteiger partial charge is 0.277 e. The maximum absolute atomic E-state index is 11.2. The van der Waals surface area contributed by atoms with Gasteiger partial charge in [-0.3, -0.25) is 5.32 Å². The number of aliphatic hydroxyl groups excluding tert-OH is 1. The first-order chi connectivity index (χ1) is 6.24. The molecule has 0 bridgehead atoms. The molecular formula is C9H14N2O2. The van der Waals surface area contributed by atoms with Crippen LogP contribution in [-0.4, -0.2) is 17.8 Å². The van der Waals surface area contributed by atoms with Crippen LogP contribution in [0.1, 0.15) is 13.3 Å². The molecule has 1 atom stereocenters. The topological polar surface area (TPSA) is 59.2 Å². The van der Waals surface area contributed by atoms with E-state index in [9.17, 15) is 5.21 Å². The van der Waals surface area contributed by atoms with Gasteiger partial charge in [0.1, 0.15) is 0 Å². The normalized spacial score (nSPS) is 12.5. The standard InChI is InChI=1S/C9H14N2O2/c1-8(5-7-12)10-9-4-2-3-6-11(9)13/h2-4,6,8,10,12H,5,7H2,1H3. The summed E-state index contributed by atoms with van der Waals surface area (Å²) in [6, 6.07) is 5.28. The quantitative estimate of drug-likeness (QED) is 0.526. The predicted octanol–water partition coefficient (Wildman–Crippen LogP) is 0.503. The molecule has 0 aromatic carbocycles. The Labute approximate surface area is 77.4 Å². The molecule has 0 spiro atoms. The Morgan fingerprint density at radius 3 is 3.00 bits per heavy atom. The fourth-order valence-electron chi connectivity index (χ4n) is 1.06. The van der Waals surface area contributed by atoms with E-state index in [1.807, 2.05) is 6.92 Å². The number of anilines is 1. The van der Waals surface area contributed by atoms with Gasteiger partial charge in [0, 0.05) is 19.1 Å². The van der Waals surface area contributed by atoms with Crippen LogP contribution in [0.25, 0.3) is 0 Å². The number of pyridine rings is 1. The third-order valence-corrected chi connectivity index (χ3v) is 1.78. The number of aromatic nitrogens is 1. The fraction of sp³-hybridized carbons (Fsp3) is 0.444. The van der Waals surface area contributed by atoms with Crippen LogP contribution in [0.15, 0.2) is 24.4 Å². The molecule has 0 fully saturated rings. The molecule has 1 aromatic rings. The summed E-state index contributed by atoms with van der Waals surface area (Å²) in [5.74, 6) is 0.517. The average Bonchev–Trinajstić information content (AvgIpc) is 2.09. The van der Waals surface area contributed by atoms with Crippen LogP contribution < -0.4 is 10.0 Å². The Bertz CT molecular complexity index is 266. The molecule has 1 unspecified atom stereocenters. The van der Waals surface area contributed by atoms with E-state index in [1.54, 1.807) is 18.2 Å². The van der Waals surface area contributed by atoms with E-state index in [-0.39, 0.29) is 12.6 Å². The molecule has 0 aliphatic carbocycles. The molecular weight excluding hydrogens is 168 g/mol. The molecule has 0 radical (unpaired) electrons. The fourth-order valence-corrected chi connectivity index (χ4v) is 1.06. The van der Waals surface area contributed by atoms with Crippen molar-refractivity contribution in [3.05, 3.63) is 29.6 Å². The molecule has 0 saturated carbocycles. The van der Waals surface area contributed by atoms with Crippen LogP contribution in [0, 0.1) is 5.21 Å². The highest BCUT2D eigenvalue weighted by atomic mass is 16.5. The number of aliphatic hydroxyl groups is 1. The summed E-state index contributed by atoms with van der Waals surface area (Å²) in [4.78, 5) is 0. The van der Waals surface area contributed by atoms with Gasteiger partial charge in [-0.25, -0.2) is 4.73 Å². The van der Waals surface area contributed by atoms with Crippen LogP contribution in [0.5, 0.6) is 0 Å². The molecule has 1 heterocycles. The third-order valence-electron chi connectivity index (χ3n) is 1.78. The lowest BCUT2D eigenvalue weighted by Gasteiger charge is -2.11. The van der Waals surface area contributed by atoms with Crippen molar-refractivity contribution >= 4 is 5.82 Å². The molecule has 4 nitrogen and oxygen atoms in total. The second-order valence-corrected chi connectivity index (χ2v) is 2.97. The minimum atomic E-state index is 0.104. The summed E-state index contributed by atoms with van der Waals surface area (Å²) in [6.07, 6.45) is 2.07. The maximum atomic E-state index is 11.2. The van der Waals surface area contributed by atoms with Crippen LogP contribution in [0.3, 0.4) is 0 Å². The zero-order valence-electron chi connectivity index (χ0n) is 7.60. The number of nitrogens with one attached hydrogen (secondary N) is 1. The Balaban J connectivity index is 2.58. The Kier molecular flexibility index (Phi) is 3.52. The van der Waals surface area contributed by atoms with E-state index < -0.39 is 0 Å². The second-order valence-electron chi connectivity index (χ2n) is 2.97. The Morgan fingerprint density at radius 1 is 1.62 bits per heavy atom. The van der Waals surface area contributed by atoms with Crippen molar-refractivity contribution in [1.82, 2.24) is 0 Å². The van der Waals surface area contributed by atoms with Crippen molar-refractivity contribution in [2.24, 2.45) is 0 Å². The van der Waals surface area contributed by atoms with E-state index >= 15 is 0 Å². The van der Waals surface area contributed by atoms with E-state index in [1.165, 1.54) is 6.20 Å². The average molecular weight is 182 g/mol. The van der Waals surface area contributed by atoms with Crippen molar-refractivity contribution in [3.8, 4) is 0 Å². The summed E-state index contributed by atoms with van der Waals surface area (Å²) in [6.45, 7) is 2.04. The van der Waals surface area contributed by atoms with Gasteiger partial charge in [0.25, 0.3) is 5.82 Å². The summed E-state index contributed by atoms with van der Waals surface area (Å²) in [5.41, 5.74) is 0. The summed E-state index contributed by atoms with van der Waals surface area (Å²) >= 11 is 0. The number of rotatable bonds is 4. The first-order valence-electron chi connectivity index (χ1n) is 4.29. The second kappa shape index (κ2) is 4.67. The third kappa shape index (κ3) is 2.91. The number of nitrogens with zero attached hydrogens (tertiary/aromatic N) is 1. The van der Waals surface area contributed by atoms with Crippen LogP contribution in [-0.2, 0) is 0 Å². The predicted molar refractivity (Wildman–Crippen MR) is 50.2 cm³/mol. The zero-order valence-corrected chi connectivity index (χ0v) is 7.60. The van der Waals surface area contributed by atoms with Crippen molar-refractivity contribution in [2.45, 2.75) is 19.4 Å². The van der Waals surface area contributed by atoms with Crippen LogP contribution >= 0.6 is 0 Å². The van der Waals surface area contributed by atoms with E-state index in [0.717, 1.165) is 4.73 Å². The van der Waals surface area contributed by atoms with Crippen molar-refractivity contribution < 1.29 is 9.84 Å². The minimum Gasteiger partial charge on any atom is -0.711 e. The van der Waals surface area contributed by atoms with Crippen molar-refractivity contribution in [3.63, 3.8) is 0 Å². The first-order valence-corrected chi connectivity index (χ1v) is 4.29. The van der Waals surface area contributed by atoms with Crippen molar-refractivity contribution in [2.75, 3.05) is 11.9 Å². The van der Waals surface area contributed by atoms with E-state index in [0.29, 0.717) is 12.2 Å². The largest absolute Gasteiger partial charge is 0.711 e. The number of hydrogen-bond acceptors (Lipinski definition) is 3. The molecule has 1 rings (SSSR count). The summed E-state index contributed by atoms with van der Waals surface area (Å²) in [7, 11) is 0. The Hall–Kier alpha value is -1.29. The van der Waals surface area contributed by atoms with Gasteiger partial charge < -0.3 is 10.3 Å². The molecule has 13 heavy (non-hydrogen) atoms. The highest BCUT2D eigenvalue weighted by molar-refractivity contribution is 5.28. The van der Waals surface area contributed by atoms with Gasteiger partial charge in [-0.2, -0.15) is 0 Å². The molecule has 4 heteroatoms. The Morgan fingerprint density at radius 2 is 2.38 bits per heavy atom. The van der Waals surface area contributed by atoms with Crippen LogP contribution in [0.4, 0.5) is 5.82 Å². The van der Waals surface area contributed by atoms with Gasteiger partial charge in [0.15, 0.2) is 0 Å². The van der Waals surface area contributed by atoms with Gasteiger partial charge in [0.2, 0.25) is 0 Å². The van der Waals surface area contributed by atoms with Gasteiger partial charge in [-0.05, 0) is 13.0 Å². The first kappa shape index (κ1) is 9.80. The highest BCUT2D eigenvalue weighted by Gasteiger charge is 2.08. The molecule has 0 aliphatic heterocycles. The van der Waals surface area contributed by atoms with Crippen molar-refractivity contribution in [1.29, 1.82) is 0 Å². The van der Waals surface area contributed by atoms with E-state index in [2.05, 4.69) is 5.32 Å². The molecule has 0 amide bonds. The zero-order chi connectivity index (χ0) is 9.68. The van der Waals surface area contributed by atoms with Gasteiger partial charge in [-0.1, -0.05) is 6.07 Å². The number of hydrogen-bond donors (Lipinski definition) is 2. The lowest BCUT2D eigenvalue weighted by Crippen LogP contribution is -2.33. The van der Waals surface area contributed by atoms with Gasteiger partial charge >= 0.3 is 0 Å². The van der Waals surface area contributed by atoms with Gasteiger partial charge in [-0.15, -0.1) is 0 Å². The summed E-state index contributed by atoms with van der Waals surface area (Å²) < 4.78 is 0.772. The van der Waals surface area contributed by atoms with Gasteiger partial charge in [0.05, 0.1) is 12.2 Å². The summed E-state index contributed by atoms with van der Waals surface area (Å²) in [5, 5.41) is 22.8.